The Bertz CT molecular complexity index is 804. The van der Waals surface area contributed by atoms with Crippen LogP contribution in [0, 0.1) is 5.82 Å². The summed E-state index contributed by atoms with van der Waals surface area (Å²) in [6.45, 7) is 0. The minimum atomic E-state index is -0.774. The third-order valence-electron chi connectivity index (χ3n) is 4.34. The van der Waals surface area contributed by atoms with E-state index in [0.717, 1.165) is 6.07 Å². The van der Waals surface area contributed by atoms with E-state index in [4.69, 9.17) is 11.6 Å². The van der Waals surface area contributed by atoms with Gasteiger partial charge in [-0.25, -0.2) is 4.39 Å². The van der Waals surface area contributed by atoms with Gasteiger partial charge in [0.25, 0.3) is 11.8 Å². The number of benzene rings is 1. The topological polar surface area (TPSA) is 107 Å². The normalized spacial score (nSPS) is 19.8. The van der Waals surface area contributed by atoms with E-state index in [0.29, 0.717) is 25.7 Å². The van der Waals surface area contributed by atoms with E-state index in [9.17, 15) is 19.1 Å². The molecule has 0 bridgehead atoms. The molecule has 1 heterocycles. The van der Waals surface area contributed by atoms with Gasteiger partial charge in [0, 0.05) is 7.47 Å². The predicted molar refractivity (Wildman–Crippen MR) is 95.8 cm³/mol. The Morgan fingerprint density at radius 1 is 1.27 bits per heavy atom. The second kappa shape index (κ2) is 7.84. The number of aliphatic hydroxyl groups is 1. The van der Waals surface area contributed by atoms with Gasteiger partial charge >= 0.3 is 0 Å². The fraction of sp³-hybridized carbons (Fsp3) is 0.353. The lowest BCUT2D eigenvalue weighted by atomic mass is 9.93. The first kappa shape index (κ1) is 18.3. The van der Waals surface area contributed by atoms with E-state index in [2.05, 4.69) is 20.8 Å². The monoisotopic (exact) mass is 382 g/mol. The molecule has 0 aliphatic heterocycles. The molecule has 0 radical (unpaired) electrons. The van der Waals surface area contributed by atoms with Crippen LogP contribution in [0.5, 0.6) is 0 Å². The molecule has 3 rings (SSSR count). The van der Waals surface area contributed by atoms with Crippen LogP contribution in [-0.4, -0.2) is 39.3 Å². The van der Waals surface area contributed by atoms with Crippen molar-refractivity contribution >= 4 is 29.1 Å². The maximum absolute atomic E-state index is 13.9. The number of H-pyrrole nitrogens is 1. The highest BCUT2D eigenvalue weighted by Gasteiger charge is 2.24. The van der Waals surface area contributed by atoms with Crippen molar-refractivity contribution in [2.45, 2.75) is 37.8 Å². The molecule has 1 aliphatic rings. The van der Waals surface area contributed by atoms with Crippen molar-refractivity contribution in [1.82, 2.24) is 15.5 Å². The minimum Gasteiger partial charge on any atom is -0.393 e. The molecule has 2 amide bonds. The summed E-state index contributed by atoms with van der Waals surface area (Å²) in [4.78, 5) is 24.7. The van der Waals surface area contributed by atoms with Crippen molar-refractivity contribution in [1.29, 1.82) is 0 Å². The van der Waals surface area contributed by atoms with E-state index in [-0.39, 0.29) is 35.5 Å². The van der Waals surface area contributed by atoms with Crippen molar-refractivity contribution in [3.05, 3.63) is 46.5 Å². The summed E-state index contributed by atoms with van der Waals surface area (Å²) in [6.07, 6.45) is 3.55. The average molecular weight is 383 g/mol. The van der Waals surface area contributed by atoms with Crippen molar-refractivity contribution in [2.24, 2.45) is 0 Å². The summed E-state index contributed by atoms with van der Waals surface area (Å²) in [7, 11) is 0. The molecule has 0 spiro atoms. The molecular formula is C17H20ClFN4O3. The highest BCUT2D eigenvalue weighted by atomic mass is 35.5. The Hall–Kier alpha value is -2.45. The van der Waals surface area contributed by atoms with Crippen LogP contribution in [0.25, 0.3) is 0 Å². The second-order valence-electron chi connectivity index (χ2n) is 6.19. The van der Waals surface area contributed by atoms with Crippen LogP contribution in [-0.2, 0) is 0 Å². The van der Waals surface area contributed by atoms with E-state index in [1.165, 1.54) is 18.3 Å². The molecule has 0 saturated heterocycles. The van der Waals surface area contributed by atoms with Gasteiger partial charge in [0.1, 0.15) is 11.5 Å². The molecule has 0 atom stereocenters. The summed E-state index contributed by atoms with van der Waals surface area (Å²) in [5, 5.41) is 21.1. The van der Waals surface area contributed by atoms with Gasteiger partial charge in [0.2, 0.25) is 0 Å². The molecule has 26 heavy (non-hydrogen) atoms. The Balaban J connectivity index is 0.00000261. The molecule has 4 N–H and O–H groups in total. The Labute approximate surface area is 155 Å². The number of aromatic nitrogens is 2. The smallest absolute Gasteiger partial charge is 0.271 e. The van der Waals surface area contributed by atoms with Crippen LogP contribution < -0.4 is 10.6 Å². The number of halogens is 2. The Morgan fingerprint density at radius 3 is 2.69 bits per heavy atom. The van der Waals surface area contributed by atoms with Crippen LogP contribution in [0.4, 0.5) is 10.1 Å². The molecule has 7 nitrogen and oxygen atoms in total. The SMILES string of the molecule is O=C(NC1CCC(O)CC1)c1[nH]ncc1NC(=O)c1c(F)cccc1Cl.[HH]. The first-order chi connectivity index (χ1) is 12.5. The number of nitrogens with one attached hydrogen (secondary N) is 3. The second-order valence-corrected chi connectivity index (χ2v) is 6.60. The molecule has 9 heteroatoms. The van der Waals surface area contributed by atoms with Gasteiger partial charge in [-0.15, -0.1) is 0 Å². The average Bonchev–Trinajstić information content (AvgIpc) is 3.05. The zero-order valence-electron chi connectivity index (χ0n) is 13.8. The van der Waals surface area contributed by atoms with E-state index in [1.54, 1.807) is 0 Å². The van der Waals surface area contributed by atoms with Gasteiger partial charge in [-0.3, -0.25) is 14.7 Å². The number of carbonyl (C=O) groups is 2. The number of hydrogen-bond acceptors (Lipinski definition) is 4. The first-order valence-electron chi connectivity index (χ1n) is 8.23. The Morgan fingerprint density at radius 2 is 2.00 bits per heavy atom. The maximum Gasteiger partial charge on any atom is 0.271 e. The quantitative estimate of drug-likeness (QED) is 0.652. The van der Waals surface area contributed by atoms with E-state index >= 15 is 0 Å². The predicted octanol–water partition coefficient (Wildman–Crippen LogP) is 2.73. The van der Waals surface area contributed by atoms with E-state index < -0.39 is 17.6 Å². The molecule has 1 aromatic carbocycles. The molecule has 1 saturated carbocycles. The summed E-state index contributed by atoms with van der Waals surface area (Å²) in [5.74, 6) is -1.96. The minimum absolute atomic E-state index is 0. The van der Waals surface area contributed by atoms with Crippen LogP contribution in [0.15, 0.2) is 24.4 Å². The number of anilines is 1. The van der Waals surface area contributed by atoms with Crippen molar-refractivity contribution in [3.63, 3.8) is 0 Å². The van der Waals surface area contributed by atoms with Gasteiger partial charge < -0.3 is 15.7 Å². The lowest BCUT2D eigenvalue weighted by molar-refractivity contribution is 0.0864. The van der Waals surface area contributed by atoms with Gasteiger partial charge in [-0.2, -0.15) is 5.10 Å². The lowest BCUT2D eigenvalue weighted by Crippen LogP contribution is -2.39. The summed E-state index contributed by atoms with van der Waals surface area (Å²) in [5.41, 5.74) is -0.109. The van der Waals surface area contributed by atoms with Crippen LogP contribution in [0.1, 0.15) is 48.0 Å². The number of amides is 2. The molecular weight excluding hydrogens is 363 g/mol. The van der Waals surface area contributed by atoms with Crippen LogP contribution in [0.3, 0.4) is 0 Å². The van der Waals surface area contributed by atoms with Gasteiger partial charge in [-0.1, -0.05) is 17.7 Å². The molecule has 1 aliphatic carbocycles. The van der Waals surface area contributed by atoms with Crippen molar-refractivity contribution < 1.29 is 20.5 Å². The summed E-state index contributed by atoms with van der Waals surface area (Å²) >= 11 is 5.88. The largest absolute Gasteiger partial charge is 0.393 e. The standard InChI is InChI=1S/C17H18ClFN4O3.H2/c18-11-2-1-3-12(19)14(11)16(25)22-13-8-20-23-15(13)17(26)21-9-4-6-10(24)7-5-9;/h1-3,8-10,24H,4-7H2,(H,20,23)(H,21,26)(H,22,25);1H. The number of aliphatic hydroxyl groups excluding tert-OH is 1. The summed E-state index contributed by atoms with van der Waals surface area (Å²) < 4.78 is 13.9. The molecule has 1 fully saturated rings. The van der Waals surface area contributed by atoms with Crippen molar-refractivity contribution in [2.75, 3.05) is 5.32 Å². The van der Waals surface area contributed by atoms with Gasteiger partial charge in [0.15, 0.2) is 0 Å². The highest BCUT2D eigenvalue weighted by molar-refractivity contribution is 6.34. The fourth-order valence-electron chi connectivity index (χ4n) is 2.93. The zero-order chi connectivity index (χ0) is 18.7. The number of aromatic amines is 1. The molecule has 0 unspecified atom stereocenters. The molecule has 1 aromatic heterocycles. The molecule has 140 valence electrons. The fourth-order valence-corrected chi connectivity index (χ4v) is 3.18. The van der Waals surface area contributed by atoms with Crippen LogP contribution in [0.2, 0.25) is 5.02 Å². The lowest BCUT2D eigenvalue weighted by Gasteiger charge is -2.26. The third-order valence-corrected chi connectivity index (χ3v) is 4.65. The van der Waals surface area contributed by atoms with Crippen molar-refractivity contribution in [3.8, 4) is 0 Å². The number of hydrogen-bond donors (Lipinski definition) is 4. The number of carbonyl (C=O) groups excluding carboxylic acids is 2. The molecule has 2 aromatic rings. The maximum atomic E-state index is 13.9. The highest BCUT2D eigenvalue weighted by Crippen LogP contribution is 2.22. The van der Waals surface area contributed by atoms with Crippen LogP contribution >= 0.6 is 11.6 Å². The number of rotatable bonds is 4. The van der Waals surface area contributed by atoms with E-state index in [1.807, 2.05) is 0 Å². The number of nitrogens with zero attached hydrogens (tertiary/aromatic N) is 1. The third kappa shape index (κ3) is 4.03. The van der Waals surface area contributed by atoms with Gasteiger partial charge in [-0.05, 0) is 37.8 Å². The zero-order valence-corrected chi connectivity index (χ0v) is 14.5. The Kier molecular flexibility index (Phi) is 5.53. The van der Waals surface area contributed by atoms with Gasteiger partial charge in [0.05, 0.1) is 28.6 Å². The summed E-state index contributed by atoms with van der Waals surface area (Å²) in [6, 6.07) is 3.87. The first-order valence-corrected chi connectivity index (χ1v) is 8.61.